The van der Waals surface area contributed by atoms with Crippen molar-refractivity contribution in [2.75, 3.05) is 12.2 Å². The third-order valence-electron chi connectivity index (χ3n) is 8.41. The van der Waals surface area contributed by atoms with Gasteiger partial charge in [0, 0.05) is 23.3 Å². The third kappa shape index (κ3) is 3.32. The molecule has 7 heteroatoms. The Bertz CT molecular complexity index is 1320. The molecule has 5 atom stereocenters. The molecule has 0 amide bonds. The Hall–Kier alpha value is -2.90. The van der Waals surface area contributed by atoms with Gasteiger partial charge in [0.15, 0.2) is 5.78 Å². The molecule has 2 saturated heterocycles. The number of hydrogen-bond acceptors (Lipinski definition) is 6. The van der Waals surface area contributed by atoms with Crippen molar-refractivity contribution in [2.24, 2.45) is 11.3 Å². The second-order valence-corrected chi connectivity index (χ2v) is 11.2. The number of anilines is 1. The highest BCUT2D eigenvalue weighted by Crippen LogP contribution is 2.59. The van der Waals surface area contributed by atoms with Gasteiger partial charge in [0.2, 0.25) is 5.60 Å². The molecule has 0 bridgehead atoms. The number of ether oxygens (including phenoxy) is 2. The molecular formula is C29H28BrNO5. The number of esters is 1. The van der Waals surface area contributed by atoms with Crippen LogP contribution in [0.1, 0.15) is 44.7 Å². The smallest absolute Gasteiger partial charge is 0.342 e. The summed E-state index contributed by atoms with van der Waals surface area (Å²) in [5.41, 5.74) is 2.08. The van der Waals surface area contributed by atoms with Crippen LogP contribution in [0.4, 0.5) is 5.69 Å². The maximum absolute atomic E-state index is 13.7. The van der Waals surface area contributed by atoms with E-state index in [1.165, 1.54) is 0 Å². The van der Waals surface area contributed by atoms with E-state index in [1.807, 2.05) is 66.6 Å². The molecule has 186 valence electrons. The SMILES string of the molecule is COc1ccc([C@H]2CC3(ON2c2ccccc2)C(=O)O[C@@H]2C4=C(C)C(=O)C=C[C@]4(C)CC[C@H]23)cc1Br. The van der Waals surface area contributed by atoms with Gasteiger partial charge in [-0.3, -0.25) is 9.63 Å². The van der Waals surface area contributed by atoms with Crippen LogP contribution in [0.25, 0.3) is 0 Å². The summed E-state index contributed by atoms with van der Waals surface area (Å²) >= 11 is 3.61. The standard InChI is InChI=1S/C29H28BrNO5/c1-17-23(32)12-14-28(2)13-11-20-26(25(17)28)35-27(33)29(20)16-22(18-9-10-24(34-3)21(30)15-18)31(36-29)19-7-5-4-6-8-19/h4-10,12,14-15,20,22,26H,11,13,16H2,1-3H3/t20-,22-,26+,28+,29?/m1/s1. The molecular weight excluding hydrogens is 522 g/mol. The van der Waals surface area contributed by atoms with Gasteiger partial charge >= 0.3 is 5.97 Å². The minimum atomic E-state index is -1.13. The van der Waals surface area contributed by atoms with Crippen molar-refractivity contribution in [2.45, 2.75) is 50.9 Å². The van der Waals surface area contributed by atoms with E-state index in [1.54, 1.807) is 13.2 Å². The Labute approximate surface area is 219 Å². The number of halogens is 1. The van der Waals surface area contributed by atoms with E-state index in [4.69, 9.17) is 14.3 Å². The minimum Gasteiger partial charge on any atom is -0.496 e. The van der Waals surface area contributed by atoms with Crippen LogP contribution in [0, 0.1) is 11.3 Å². The number of benzene rings is 2. The Morgan fingerprint density at radius 3 is 2.64 bits per heavy atom. The van der Waals surface area contributed by atoms with Crippen LogP contribution < -0.4 is 9.80 Å². The normalized spacial score (nSPS) is 33.1. The van der Waals surface area contributed by atoms with Gasteiger partial charge in [-0.2, -0.15) is 0 Å². The largest absolute Gasteiger partial charge is 0.496 e. The van der Waals surface area contributed by atoms with Gasteiger partial charge in [-0.1, -0.05) is 37.3 Å². The summed E-state index contributed by atoms with van der Waals surface area (Å²) in [6, 6.07) is 15.6. The highest BCUT2D eigenvalue weighted by atomic mass is 79.9. The summed E-state index contributed by atoms with van der Waals surface area (Å²) in [6.07, 6.45) is 5.22. The fourth-order valence-corrected chi connectivity index (χ4v) is 7.08. The maximum atomic E-state index is 13.7. The quantitative estimate of drug-likeness (QED) is 0.445. The second kappa shape index (κ2) is 8.32. The molecule has 0 aromatic heterocycles. The number of nitrogens with zero attached hydrogens (tertiary/aromatic N) is 1. The van der Waals surface area contributed by atoms with Crippen LogP contribution in [-0.4, -0.2) is 30.6 Å². The van der Waals surface area contributed by atoms with E-state index in [9.17, 15) is 9.59 Å². The number of ketones is 1. The monoisotopic (exact) mass is 549 g/mol. The Balaban J connectivity index is 1.44. The van der Waals surface area contributed by atoms with Gasteiger partial charge in [0.1, 0.15) is 11.9 Å². The lowest BCUT2D eigenvalue weighted by molar-refractivity contribution is -0.157. The average molecular weight is 550 g/mol. The van der Waals surface area contributed by atoms with Crippen LogP contribution in [0.3, 0.4) is 0 Å². The number of hydroxylamine groups is 1. The Morgan fingerprint density at radius 1 is 1.14 bits per heavy atom. The van der Waals surface area contributed by atoms with Crippen LogP contribution >= 0.6 is 15.9 Å². The highest BCUT2D eigenvalue weighted by molar-refractivity contribution is 9.10. The number of methoxy groups -OCH3 is 1. The van der Waals surface area contributed by atoms with Gasteiger partial charge in [-0.15, -0.1) is 0 Å². The molecule has 1 saturated carbocycles. The topological polar surface area (TPSA) is 65.1 Å². The second-order valence-electron chi connectivity index (χ2n) is 10.4. The van der Waals surface area contributed by atoms with E-state index in [0.717, 1.165) is 39.9 Å². The van der Waals surface area contributed by atoms with Crippen molar-refractivity contribution < 1.29 is 23.9 Å². The molecule has 2 aliphatic heterocycles. The molecule has 36 heavy (non-hydrogen) atoms. The molecule has 3 fully saturated rings. The van der Waals surface area contributed by atoms with Crippen molar-refractivity contribution in [3.63, 3.8) is 0 Å². The lowest BCUT2D eigenvalue weighted by Crippen LogP contribution is -2.47. The van der Waals surface area contributed by atoms with Crippen LogP contribution in [0.5, 0.6) is 5.75 Å². The van der Waals surface area contributed by atoms with Gasteiger partial charge in [0.05, 0.1) is 23.3 Å². The first kappa shape index (κ1) is 23.5. The Kier molecular flexibility index (Phi) is 5.43. The summed E-state index contributed by atoms with van der Waals surface area (Å²) in [5.74, 6) is 0.197. The molecule has 2 heterocycles. The predicted octanol–water partition coefficient (Wildman–Crippen LogP) is 5.88. The third-order valence-corrected chi connectivity index (χ3v) is 9.03. The number of carbonyl (C=O) groups excluding carboxylic acids is 2. The van der Waals surface area contributed by atoms with Gasteiger partial charge in [-0.05, 0) is 77.2 Å². The summed E-state index contributed by atoms with van der Waals surface area (Å²) < 4.78 is 12.4. The van der Waals surface area contributed by atoms with E-state index in [-0.39, 0.29) is 29.1 Å². The van der Waals surface area contributed by atoms with E-state index >= 15 is 0 Å². The van der Waals surface area contributed by atoms with Crippen LogP contribution in [-0.2, 0) is 19.2 Å². The van der Waals surface area contributed by atoms with E-state index in [2.05, 4.69) is 22.9 Å². The molecule has 1 spiro atoms. The molecule has 2 aromatic carbocycles. The molecule has 0 radical (unpaired) electrons. The lowest BCUT2D eigenvalue weighted by Gasteiger charge is -2.44. The van der Waals surface area contributed by atoms with Crippen molar-refractivity contribution in [1.82, 2.24) is 0 Å². The summed E-state index contributed by atoms with van der Waals surface area (Å²) in [5, 5.41) is 1.86. The lowest BCUT2D eigenvalue weighted by atomic mass is 9.60. The van der Waals surface area contributed by atoms with Crippen molar-refractivity contribution >= 4 is 33.4 Å². The Morgan fingerprint density at radius 2 is 1.92 bits per heavy atom. The van der Waals surface area contributed by atoms with Gasteiger partial charge in [0.25, 0.3) is 0 Å². The average Bonchev–Trinajstić information content (AvgIpc) is 3.40. The van der Waals surface area contributed by atoms with Crippen molar-refractivity contribution in [1.29, 1.82) is 0 Å². The highest BCUT2D eigenvalue weighted by Gasteiger charge is 2.68. The molecule has 6 rings (SSSR count). The number of para-hydroxylation sites is 1. The summed E-state index contributed by atoms with van der Waals surface area (Å²) in [4.78, 5) is 33.0. The summed E-state index contributed by atoms with van der Waals surface area (Å²) in [7, 11) is 1.64. The predicted molar refractivity (Wildman–Crippen MR) is 138 cm³/mol. The first-order chi connectivity index (χ1) is 17.3. The minimum absolute atomic E-state index is 0.0145. The van der Waals surface area contributed by atoms with E-state index < -0.39 is 11.7 Å². The van der Waals surface area contributed by atoms with Crippen LogP contribution in [0.2, 0.25) is 0 Å². The summed E-state index contributed by atoms with van der Waals surface area (Å²) in [6.45, 7) is 3.98. The zero-order chi connectivity index (χ0) is 25.2. The van der Waals surface area contributed by atoms with Crippen LogP contribution in [0.15, 0.2) is 76.3 Å². The molecule has 2 aliphatic carbocycles. The fourth-order valence-electron chi connectivity index (χ4n) is 6.52. The fraction of sp³-hybridized carbons (Fsp3) is 0.379. The number of carbonyl (C=O) groups is 2. The van der Waals surface area contributed by atoms with Gasteiger partial charge in [-0.25, -0.2) is 9.86 Å². The molecule has 6 nitrogen and oxygen atoms in total. The maximum Gasteiger partial charge on any atom is 0.342 e. The first-order valence-corrected chi connectivity index (χ1v) is 13.1. The number of hydrogen-bond donors (Lipinski definition) is 0. The zero-order valence-corrected chi connectivity index (χ0v) is 22.1. The van der Waals surface area contributed by atoms with Crippen molar-refractivity contribution in [3.8, 4) is 5.75 Å². The molecule has 0 N–H and O–H groups in total. The number of allylic oxidation sites excluding steroid dienone is 3. The molecule has 4 aliphatic rings. The first-order valence-electron chi connectivity index (χ1n) is 12.3. The zero-order valence-electron chi connectivity index (χ0n) is 20.5. The molecule has 1 unspecified atom stereocenters. The van der Waals surface area contributed by atoms with Crippen molar-refractivity contribution in [3.05, 3.63) is 81.9 Å². The molecule has 2 aromatic rings. The van der Waals surface area contributed by atoms with E-state index in [0.29, 0.717) is 12.0 Å². The number of rotatable bonds is 3. The number of fused-ring (bicyclic) bond motifs is 4. The van der Waals surface area contributed by atoms with Gasteiger partial charge < -0.3 is 9.47 Å².